The quantitative estimate of drug-likeness (QED) is 0.340. The smallest absolute Gasteiger partial charge is 0.391 e. The number of nitrogens with one attached hydrogen (secondary N) is 2. The first kappa shape index (κ1) is 21.8. The Bertz CT molecular complexity index is 407. The summed E-state index contributed by atoms with van der Waals surface area (Å²) in [5.74, 6) is -0.479. The van der Waals surface area contributed by atoms with Crippen LogP contribution in [0.5, 0.6) is 0 Å². The largest absolute Gasteiger partial charge is 0.393 e. The molecule has 2 fully saturated rings. The third-order valence-corrected chi connectivity index (χ3v) is 4.93. The fourth-order valence-electron chi connectivity index (χ4n) is 3.57. The fraction of sp³-hybridized carbons (Fsp3) is 0.938. The maximum atomic E-state index is 12.9. The maximum Gasteiger partial charge on any atom is 0.391 e. The van der Waals surface area contributed by atoms with Gasteiger partial charge in [0.25, 0.3) is 0 Å². The SMILES string of the molecule is CCNC(=NCC1CCCC1O)NC1CCCC(C(F)(F)F)C1.I. The Morgan fingerprint density at radius 2 is 1.88 bits per heavy atom. The molecule has 0 heterocycles. The molecule has 0 radical (unpaired) electrons. The summed E-state index contributed by atoms with van der Waals surface area (Å²) in [4.78, 5) is 4.48. The van der Waals surface area contributed by atoms with Gasteiger partial charge in [0.05, 0.1) is 12.0 Å². The highest BCUT2D eigenvalue weighted by Gasteiger charge is 2.42. The summed E-state index contributed by atoms with van der Waals surface area (Å²) < 4.78 is 38.7. The van der Waals surface area contributed by atoms with E-state index >= 15 is 0 Å². The van der Waals surface area contributed by atoms with Crippen LogP contribution in [0.15, 0.2) is 4.99 Å². The second-order valence-electron chi connectivity index (χ2n) is 6.72. The van der Waals surface area contributed by atoms with Crippen molar-refractivity contribution in [2.45, 2.75) is 70.2 Å². The average Bonchev–Trinajstić information content (AvgIpc) is 2.90. The minimum Gasteiger partial charge on any atom is -0.393 e. The van der Waals surface area contributed by atoms with Crippen LogP contribution in [0.25, 0.3) is 0 Å². The number of aliphatic hydroxyl groups is 1. The van der Waals surface area contributed by atoms with E-state index in [4.69, 9.17) is 0 Å². The molecule has 0 saturated heterocycles. The lowest BCUT2D eigenvalue weighted by atomic mass is 9.85. The number of rotatable bonds is 4. The van der Waals surface area contributed by atoms with Crippen LogP contribution in [0.4, 0.5) is 13.2 Å². The lowest BCUT2D eigenvalue weighted by Crippen LogP contribution is -2.47. The third-order valence-electron chi connectivity index (χ3n) is 4.93. The summed E-state index contributed by atoms with van der Waals surface area (Å²) >= 11 is 0. The van der Waals surface area contributed by atoms with E-state index in [1.807, 2.05) is 6.92 Å². The Morgan fingerprint density at radius 3 is 2.46 bits per heavy atom. The number of nitrogens with zero attached hydrogens (tertiary/aromatic N) is 1. The van der Waals surface area contributed by atoms with E-state index in [-0.39, 0.29) is 54.9 Å². The molecular weight excluding hydrogens is 434 g/mol. The molecule has 0 bridgehead atoms. The van der Waals surface area contributed by atoms with Crippen molar-refractivity contribution in [2.75, 3.05) is 13.1 Å². The van der Waals surface area contributed by atoms with Crippen LogP contribution in [-0.4, -0.2) is 42.5 Å². The number of guanidine groups is 1. The highest BCUT2D eigenvalue weighted by Crippen LogP contribution is 2.37. The van der Waals surface area contributed by atoms with Crippen molar-refractivity contribution < 1.29 is 18.3 Å². The van der Waals surface area contributed by atoms with Crippen molar-refractivity contribution in [3.8, 4) is 0 Å². The van der Waals surface area contributed by atoms with Crippen LogP contribution in [0.1, 0.15) is 51.9 Å². The van der Waals surface area contributed by atoms with Gasteiger partial charge in [-0.3, -0.25) is 4.99 Å². The second-order valence-corrected chi connectivity index (χ2v) is 6.72. The van der Waals surface area contributed by atoms with Gasteiger partial charge in [-0.15, -0.1) is 24.0 Å². The maximum absolute atomic E-state index is 12.9. The molecule has 4 unspecified atom stereocenters. The predicted octanol–water partition coefficient (Wildman–Crippen LogP) is 3.44. The van der Waals surface area contributed by atoms with Crippen molar-refractivity contribution in [3.63, 3.8) is 0 Å². The zero-order valence-electron chi connectivity index (χ0n) is 14.1. The Hall–Kier alpha value is -0.250. The molecule has 0 amide bonds. The van der Waals surface area contributed by atoms with Crippen LogP contribution in [0, 0.1) is 11.8 Å². The Labute approximate surface area is 159 Å². The first-order valence-electron chi connectivity index (χ1n) is 8.69. The Balaban J connectivity index is 0.00000288. The Morgan fingerprint density at radius 1 is 1.17 bits per heavy atom. The molecule has 24 heavy (non-hydrogen) atoms. The molecule has 8 heteroatoms. The highest BCUT2D eigenvalue weighted by atomic mass is 127. The normalized spacial score (nSPS) is 31.5. The van der Waals surface area contributed by atoms with Crippen LogP contribution in [0.2, 0.25) is 0 Å². The summed E-state index contributed by atoms with van der Waals surface area (Å²) in [5, 5.41) is 16.1. The number of hydrogen-bond acceptors (Lipinski definition) is 2. The number of halogens is 4. The summed E-state index contributed by atoms with van der Waals surface area (Å²) in [6.07, 6.45) is 0.0510. The fourth-order valence-corrected chi connectivity index (χ4v) is 3.57. The van der Waals surface area contributed by atoms with E-state index < -0.39 is 12.1 Å². The first-order chi connectivity index (χ1) is 10.9. The van der Waals surface area contributed by atoms with Gasteiger partial charge < -0.3 is 15.7 Å². The predicted molar refractivity (Wildman–Crippen MR) is 99.7 cm³/mol. The van der Waals surface area contributed by atoms with Crippen LogP contribution >= 0.6 is 24.0 Å². The lowest BCUT2D eigenvalue weighted by Gasteiger charge is -2.32. The minimum absolute atomic E-state index is 0. The van der Waals surface area contributed by atoms with Gasteiger partial charge in [0.15, 0.2) is 5.96 Å². The highest BCUT2D eigenvalue weighted by molar-refractivity contribution is 14.0. The molecular formula is C16H29F3IN3O. The molecule has 2 aliphatic rings. The number of aliphatic hydroxyl groups excluding tert-OH is 1. The van der Waals surface area contributed by atoms with Crippen LogP contribution < -0.4 is 10.6 Å². The van der Waals surface area contributed by atoms with E-state index in [1.54, 1.807) is 0 Å². The molecule has 0 aromatic rings. The third kappa shape index (κ3) is 6.57. The lowest BCUT2D eigenvalue weighted by molar-refractivity contribution is -0.183. The Kier molecular flexibility index (Phi) is 9.11. The summed E-state index contributed by atoms with van der Waals surface area (Å²) in [7, 11) is 0. The van der Waals surface area contributed by atoms with E-state index in [0.717, 1.165) is 25.7 Å². The molecule has 2 saturated carbocycles. The molecule has 0 spiro atoms. The van der Waals surface area contributed by atoms with Gasteiger partial charge in [-0.05, 0) is 39.0 Å². The standard InChI is InChI=1S/C16H28F3N3O.HI/c1-2-20-15(21-10-11-5-3-8-14(11)23)22-13-7-4-6-12(9-13)16(17,18)19;/h11-14,23H,2-10H2,1H3,(H2,20,21,22);1H. The number of hydrogen-bond donors (Lipinski definition) is 3. The van der Waals surface area contributed by atoms with Gasteiger partial charge >= 0.3 is 6.18 Å². The molecule has 0 aromatic carbocycles. The summed E-state index contributed by atoms with van der Waals surface area (Å²) in [6.45, 7) is 3.11. The van der Waals surface area contributed by atoms with Gasteiger partial charge in [-0.1, -0.05) is 12.8 Å². The van der Waals surface area contributed by atoms with Crippen molar-refractivity contribution in [1.82, 2.24) is 10.6 Å². The van der Waals surface area contributed by atoms with E-state index in [1.165, 1.54) is 0 Å². The topological polar surface area (TPSA) is 56.7 Å². The molecule has 3 N–H and O–H groups in total. The van der Waals surface area contributed by atoms with Crippen LogP contribution in [-0.2, 0) is 0 Å². The van der Waals surface area contributed by atoms with Gasteiger partial charge in [0.2, 0.25) is 0 Å². The molecule has 0 aromatic heterocycles. The zero-order chi connectivity index (χ0) is 16.9. The van der Waals surface area contributed by atoms with E-state index in [0.29, 0.717) is 25.5 Å². The summed E-state index contributed by atoms with van der Waals surface area (Å²) in [5.41, 5.74) is 0. The van der Waals surface area contributed by atoms with Crippen LogP contribution in [0.3, 0.4) is 0 Å². The van der Waals surface area contributed by atoms with Gasteiger partial charge in [0, 0.05) is 25.0 Å². The van der Waals surface area contributed by atoms with Crippen molar-refractivity contribution in [1.29, 1.82) is 0 Å². The number of aliphatic imine (C=N–C) groups is 1. The van der Waals surface area contributed by atoms with E-state index in [9.17, 15) is 18.3 Å². The number of alkyl halides is 3. The van der Waals surface area contributed by atoms with Gasteiger partial charge in [-0.2, -0.15) is 13.2 Å². The molecule has 2 rings (SSSR count). The molecule has 0 aliphatic heterocycles. The van der Waals surface area contributed by atoms with E-state index in [2.05, 4.69) is 15.6 Å². The summed E-state index contributed by atoms with van der Waals surface area (Å²) in [6, 6.07) is -0.193. The molecule has 4 nitrogen and oxygen atoms in total. The zero-order valence-corrected chi connectivity index (χ0v) is 16.4. The van der Waals surface area contributed by atoms with Gasteiger partial charge in [0.1, 0.15) is 0 Å². The first-order valence-corrected chi connectivity index (χ1v) is 8.69. The van der Waals surface area contributed by atoms with Crippen molar-refractivity contribution >= 4 is 29.9 Å². The molecule has 142 valence electrons. The van der Waals surface area contributed by atoms with Crippen molar-refractivity contribution in [3.05, 3.63) is 0 Å². The molecule has 4 atom stereocenters. The van der Waals surface area contributed by atoms with Gasteiger partial charge in [-0.25, -0.2) is 0 Å². The van der Waals surface area contributed by atoms with Crippen molar-refractivity contribution in [2.24, 2.45) is 16.8 Å². The second kappa shape index (κ2) is 10.0. The monoisotopic (exact) mass is 463 g/mol. The molecule has 2 aliphatic carbocycles. The average molecular weight is 463 g/mol. The minimum atomic E-state index is -4.11.